The van der Waals surface area contributed by atoms with Crippen LogP contribution in [0, 0.1) is 0 Å². The average molecular weight is 410 g/mol. The predicted molar refractivity (Wildman–Crippen MR) is 109 cm³/mol. The van der Waals surface area contributed by atoms with Gasteiger partial charge >= 0.3 is 6.80 Å². The highest BCUT2D eigenvalue weighted by molar-refractivity contribution is 8.49. The Labute approximate surface area is 161 Å². The normalized spacial score (nSPS) is 11.9. The molecule has 2 aromatic rings. The van der Waals surface area contributed by atoms with Crippen LogP contribution in [0.15, 0.2) is 60.7 Å². The Balaban J connectivity index is 2.13. The van der Waals surface area contributed by atoms with Gasteiger partial charge in [-0.2, -0.15) is 0 Å². The molecule has 0 aliphatic heterocycles. The summed E-state index contributed by atoms with van der Waals surface area (Å²) in [5, 5.41) is 0. The van der Waals surface area contributed by atoms with E-state index in [0.29, 0.717) is 6.42 Å². The standard InChI is InChI=1S/C20H27O5PS/c1-2-3-4-5-6-13-18-27(22,23)26(21,24-19-14-9-7-10-15-19)25-20-16-11-8-12-17-20/h7-12,14-17H,2-6,13,18H2,1H3. The van der Waals surface area contributed by atoms with Crippen molar-refractivity contribution in [3.63, 3.8) is 0 Å². The first-order valence-corrected chi connectivity index (χ1v) is 13.1. The monoisotopic (exact) mass is 410 g/mol. The van der Waals surface area contributed by atoms with Crippen LogP contribution in [0.3, 0.4) is 0 Å². The van der Waals surface area contributed by atoms with Crippen LogP contribution in [-0.2, 0) is 14.0 Å². The van der Waals surface area contributed by atoms with E-state index in [0.717, 1.165) is 32.1 Å². The smallest absolute Gasteiger partial charge is 0.405 e. The summed E-state index contributed by atoms with van der Waals surface area (Å²) < 4.78 is 49.8. The van der Waals surface area contributed by atoms with Gasteiger partial charge in [-0.3, -0.25) is 0 Å². The molecule has 0 N–H and O–H groups in total. The summed E-state index contributed by atoms with van der Waals surface area (Å²) in [5.41, 5.74) is 0. The Kier molecular flexibility index (Phi) is 8.39. The molecule has 5 nitrogen and oxygen atoms in total. The Bertz CT molecular complexity index is 776. The third kappa shape index (κ3) is 6.71. The number of benzene rings is 2. The molecular formula is C20H27O5PS. The van der Waals surface area contributed by atoms with Gasteiger partial charge in [-0.1, -0.05) is 75.4 Å². The van der Waals surface area contributed by atoms with Crippen LogP contribution in [-0.4, -0.2) is 14.2 Å². The topological polar surface area (TPSA) is 69.7 Å². The van der Waals surface area contributed by atoms with Crippen molar-refractivity contribution in [3.8, 4) is 11.5 Å². The third-order valence-electron chi connectivity index (χ3n) is 4.02. The molecule has 0 fully saturated rings. The van der Waals surface area contributed by atoms with Crippen LogP contribution in [0.2, 0.25) is 0 Å². The van der Waals surface area contributed by atoms with E-state index < -0.39 is 16.3 Å². The highest BCUT2D eigenvalue weighted by Gasteiger charge is 2.44. The van der Waals surface area contributed by atoms with Gasteiger partial charge in [0.05, 0.1) is 5.75 Å². The Morgan fingerprint density at radius 1 is 0.741 bits per heavy atom. The van der Waals surface area contributed by atoms with Crippen molar-refractivity contribution in [2.45, 2.75) is 45.4 Å². The molecule has 0 saturated heterocycles. The first-order valence-electron chi connectivity index (χ1n) is 9.29. The fourth-order valence-corrected chi connectivity index (χ4v) is 6.60. The largest absolute Gasteiger partial charge is 0.549 e. The Morgan fingerprint density at radius 3 is 1.67 bits per heavy atom. The van der Waals surface area contributed by atoms with Gasteiger partial charge in [0.15, 0.2) is 0 Å². The zero-order valence-electron chi connectivity index (χ0n) is 15.6. The van der Waals surface area contributed by atoms with Crippen LogP contribution in [0.25, 0.3) is 0 Å². The second-order valence-corrected chi connectivity index (χ2v) is 12.2. The van der Waals surface area contributed by atoms with Gasteiger partial charge in [-0.25, -0.2) is 13.0 Å². The highest BCUT2D eigenvalue weighted by Crippen LogP contribution is 2.54. The van der Waals surface area contributed by atoms with E-state index >= 15 is 0 Å². The molecule has 148 valence electrons. The summed E-state index contributed by atoms with van der Waals surface area (Å²) in [4.78, 5) is 0. The summed E-state index contributed by atoms with van der Waals surface area (Å²) in [6.07, 6.45) is 5.52. The van der Waals surface area contributed by atoms with Gasteiger partial charge in [-0.05, 0) is 30.7 Å². The molecule has 2 rings (SSSR count). The lowest BCUT2D eigenvalue weighted by molar-refractivity contribution is 0.401. The fourth-order valence-electron chi connectivity index (χ4n) is 2.53. The Hall–Kier alpha value is -1.78. The molecule has 0 aliphatic rings. The van der Waals surface area contributed by atoms with Crippen molar-refractivity contribution in [2.24, 2.45) is 0 Å². The minimum Gasteiger partial charge on any atom is -0.405 e. The SMILES string of the molecule is CCCCCCCCS(=O)(=O)P(=O)(Oc1ccccc1)Oc1ccccc1. The maximum Gasteiger partial charge on any atom is 0.549 e. The maximum atomic E-state index is 13.3. The summed E-state index contributed by atoms with van der Waals surface area (Å²) in [6, 6.07) is 16.5. The maximum absolute atomic E-state index is 13.3. The minimum atomic E-state index is -4.46. The van der Waals surface area contributed by atoms with Crippen molar-refractivity contribution in [3.05, 3.63) is 60.7 Å². The van der Waals surface area contributed by atoms with Gasteiger partial charge < -0.3 is 9.05 Å². The van der Waals surface area contributed by atoms with Gasteiger partial charge in [0, 0.05) is 0 Å². The molecule has 0 radical (unpaired) electrons. The fraction of sp³-hybridized carbons (Fsp3) is 0.400. The molecule has 0 heterocycles. The van der Waals surface area contributed by atoms with Crippen molar-refractivity contribution < 1.29 is 22.0 Å². The van der Waals surface area contributed by atoms with Gasteiger partial charge in [0.25, 0.3) is 9.46 Å². The molecule has 0 aliphatic carbocycles. The minimum absolute atomic E-state index is 0.197. The molecule has 0 saturated carbocycles. The summed E-state index contributed by atoms with van der Waals surface area (Å²) in [7, 11) is -4.10. The van der Waals surface area contributed by atoms with Gasteiger partial charge in [-0.15, -0.1) is 0 Å². The lowest BCUT2D eigenvalue weighted by Gasteiger charge is -2.19. The molecule has 0 atom stereocenters. The molecule has 0 amide bonds. The van der Waals surface area contributed by atoms with E-state index in [1.165, 1.54) is 0 Å². The molecule has 0 bridgehead atoms. The van der Waals surface area contributed by atoms with E-state index in [9.17, 15) is 13.0 Å². The van der Waals surface area contributed by atoms with Crippen molar-refractivity contribution in [2.75, 3.05) is 5.75 Å². The summed E-state index contributed by atoms with van der Waals surface area (Å²) in [5.74, 6) is 0.169. The van der Waals surface area contributed by atoms with Crippen molar-refractivity contribution >= 4 is 16.3 Å². The molecular weight excluding hydrogens is 383 g/mol. The number of unbranched alkanes of at least 4 members (excludes halogenated alkanes) is 5. The first kappa shape index (κ1) is 21.5. The second-order valence-electron chi connectivity index (χ2n) is 6.31. The van der Waals surface area contributed by atoms with Gasteiger partial charge in [0.2, 0.25) is 0 Å². The molecule has 0 aromatic heterocycles. The predicted octanol–water partition coefficient (Wildman–Crippen LogP) is 6.03. The summed E-state index contributed by atoms with van der Waals surface area (Å²) >= 11 is 0. The number of hydrogen-bond donors (Lipinski definition) is 0. The van der Waals surface area contributed by atoms with E-state index in [-0.39, 0.29) is 17.3 Å². The van der Waals surface area contributed by atoms with Crippen LogP contribution >= 0.6 is 6.80 Å². The zero-order chi connectivity index (χ0) is 19.6. The molecule has 2 aromatic carbocycles. The molecule has 27 heavy (non-hydrogen) atoms. The van der Waals surface area contributed by atoms with Crippen LogP contribution < -0.4 is 9.05 Å². The number of para-hydroxylation sites is 2. The number of rotatable bonds is 12. The highest BCUT2D eigenvalue weighted by atomic mass is 32.8. The lowest BCUT2D eigenvalue weighted by Crippen LogP contribution is -2.15. The van der Waals surface area contributed by atoms with Crippen LogP contribution in [0.4, 0.5) is 0 Å². The van der Waals surface area contributed by atoms with Crippen molar-refractivity contribution in [1.29, 1.82) is 0 Å². The quantitative estimate of drug-likeness (QED) is 0.316. The third-order valence-corrected chi connectivity index (χ3v) is 9.41. The zero-order valence-corrected chi connectivity index (χ0v) is 17.3. The second kappa shape index (κ2) is 10.5. The van der Waals surface area contributed by atoms with Crippen LogP contribution in [0.5, 0.6) is 11.5 Å². The van der Waals surface area contributed by atoms with Crippen molar-refractivity contribution in [1.82, 2.24) is 0 Å². The lowest BCUT2D eigenvalue weighted by atomic mass is 10.1. The van der Waals surface area contributed by atoms with Crippen LogP contribution in [0.1, 0.15) is 45.4 Å². The molecule has 0 unspecified atom stereocenters. The van der Waals surface area contributed by atoms with E-state index in [4.69, 9.17) is 9.05 Å². The van der Waals surface area contributed by atoms with E-state index in [1.807, 2.05) is 0 Å². The number of hydrogen-bond acceptors (Lipinski definition) is 5. The first-order chi connectivity index (χ1) is 13.0. The van der Waals surface area contributed by atoms with Gasteiger partial charge in [0.1, 0.15) is 11.5 Å². The van der Waals surface area contributed by atoms with E-state index in [1.54, 1.807) is 60.7 Å². The molecule has 7 heteroatoms. The summed E-state index contributed by atoms with van der Waals surface area (Å²) in [6.45, 7) is -2.33. The van der Waals surface area contributed by atoms with E-state index in [2.05, 4.69) is 6.92 Å². The molecule has 0 spiro atoms. The Morgan fingerprint density at radius 2 is 1.19 bits per heavy atom. The average Bonchev–Trinajstić information content (AvgIpc) is 2.66.